The Morgan fingerprint density at radius 3 is 2.67 bits per heavy atom. The van der Waals surface area contributed by atoms with Crippen LogP contribution in [0.15, 0.2) is 30.3 Å². The van der Waals surface area contributed by atoms with Crippen molar-refractivity contribution in [3.63, 3.8) is 0 Å². The second-order valence-corrected chi connectivity index (χ2v) is 6.01. The van der Waals surface area contributed by atoms with Crippen LogP contribution in [0.5, 0.6) is 0 Å². The van der Waals surface area contributed by atoms with Gasteiger partial charge >= 0.3 is 0 Å². The van der Waals surface area contributed by atoms with Crippen molar-refractivity contribution in [2.45, 2.75) is 6.54 Å². The molecule has 1 aromatic carbocycles. The Balaban J connectivity index is 2.27. The van der Waals surface area contributed by atoms with E-state index in [4.69, 9.17) is 28.5 Å². The highest BCUT2D eigenvalue weighted by atomic mass is 35.5. The maximum atomic E-state index is 9.14. The molecule has 0 aliphatic rings. The summed E-state index contributed by atoms with van der Waals surface area (Å²) in [7, 11) is 1.93. The molecule has 5 heteroatoms. The zero-order chi connectivity index (χ0) is 13.1. The number of hydrogen-bond acceptors (Lipinski definition) is 3. The number of rotatable bonds is 3. The Morgan fingerprint density at radius 2 is 2.06 bits per heavy atom. The van der Waals surface area contributed by atoms with Crippen LogP contribution in [-0.4, -0.2) is 7.05 Å². The van der Waals surface area contributed by atoms with Crippen molar-refractivity contribution in [1.82, 2.24) is 0 Å². The molecule has 0 amide bonds. The van der Waals surface area contributed by atoms with E-state index in [9.17, 15) is 0 Å². The van der Waals surface area contributed by atoms with Crippen molar-refractivity contribution < 1.29 is 0 Å². The minimum atomic E-state index is 0.478. The summed E-state index contributed by atoms with van der Waals surface area (Å²) < 4.78 is 0.769. The van der Waals surface area contributed by atoms with Crippen molar-refractivity contribution >= 4 is 40.2 Å². The van der Waals surface area contributed by atoms with Gasteiger partial charge in [0.05, 0.1) is 27.2 Å². The van der Waals surface area contributed by atoms with Crippen LogP contribution < -0.4 is 4.90 Å². The molecule has 1 heterocycles. The normalized spacial score (nSPS) is 10.1. The molecule has 0 fully saturated rings. The van der Waals surface area contributed by atoms with Crippen molar-refractivity contribution in [2.24, 2.45) is 0 Å². The van der Waals surface area contributed by atoms with Gasteiger partial charge in [0.25, 0.3) is 0 Å². The molecule has 0 aliphatic carbocycles. The maximum absolute atomic E-state index is 9.14. The van der Waals surface area contributed by atoms with Crippen LogP contribution in [0.1, 0.15) is 10.4 Å². The molecule has 0 aliphatic heterocycles. The van der Waals surface area contributed by atoms with Crippen LogP contribution in [0.4, 0.5) is 5.69 Å². The molecule has 2 rings (SSSR count). The van der Waals surface area contributed by atoms with Gasteiger partial charge in [0.2, 0.25) is 0 Å². The number of nitriles is 1. The van der Waals surface area contributed by atoms with Gasteiger partial charge in [0, 0.05) is 11.9 Å². The highest BCUT2D eigenvalue weighted by molar-refractivity contribution is 7.16. The lowest BCUT2D eigenvalue weighted by Gasteiger charge is -2.20. The summed E-state index contributed by atoms with van der Waals surface area (Å²) in [6, 6.07) is 11.5. The lowest BCUT2D eigenvalue weighted by Crippen LogP contribution is -2.16. The highest BCUT2D eigenvalue weighted by Gasteiger charge is 2.11. The van der Waals surface area contributed by atoms with Gasteiger partial charge in [-0.15, -0.1) is 11.3 Å². The summed E-state index contributed by atoms with van der Waals surface area (Å²) in [6.45, 7) is 0.701. The lowest BCUT2D eigenvalue weighted by molar-refractivity contribution is 0.938. The van der Waals surface area contributed by atoms with Gasteiger partial charge < -0.3 is 4.90 Å². The summed E-state index contributed by atoms with van der Waals surface area (Å²) in [6.07, 6.45) is 0. The summed E-state index contributed by atoms with van der Waals surface area (Å²) >= 11 is 13.4. The van der Waals surface area contributed by atoms with Gasteiger partial charge in [-0.1, -0.05) is 29.3 Å². The molecule has 0 saturated heterocycles. The molecular weight excluding hydrogens is 287 g/mol. The lowest BCUT2D eigenvalue weighted by atomic mass is 10.2. The first-order chi connectivity index (χ1) is 8.61. The number of anilines is 1. The van der Waals surface area contributed by atoms with E-state index in [0.717, 1.165) is 14.9 Å². The Hall–Kier alpha value is -1.21. The van der Waals surface area contributed by atoms with Crippen molar-refractivity contribution in [3.05, 3.63) is 50.1 Å². The van der Waals surface area contributed by atoms with Gasteiger partial charge in [-0.05, 0) is 24.3 Å². The van der Waals surface area contributed by atoms with Crippen LogP contribution in [0, 0.1) is 11.3 Å². The van der Waals surface area contributed by atoms with Gasteiger partial charge in [0.15, 0.2) is 0 Å². The van der Waals surface area contributed by atoms with E-state index in [1.807, 2.05) is 36.2 Å². The van der Waals surface area contributed by atoms with E-state index < -0.39 is 0 Å². The smallest absolute Gasteiger partial charge is 0.103 e. The van der Waals surface area contributed by atoms with Crippen LogP contribution in [0.25, 0.3) is 0 Å². The zero-order valence-electron chi connectivity index (χ0n) is 9.65. The van der Waals surface area contributed by atoms with E-state index >= 15 is 0 Å². The predicted molar refractivity (Wildman–Crippen MR) is 77.6 cm³/mol. The topological polar surface area (TPSA) is 27.0 Å². The summed E-state index contributed by atoms with van der Waals surface area (Å²) in [5.41, 5.74) is 1.33. The Kier molecular flexibility index (Phi) is 4.13. The molecular formula is C13H10Cl2N2S. The summed E-state index contributed by atoms with van der Waals surface area (Å²) in [4.78, 5) is 3.14. The van der Waals surface area contributed by atoms with E-state index in [1.165, 1.54) is 11.3 Å². The number of hydrogen-bond donors (Lipinski definition) is 0. The zero-order valence-corrected chi connectivity index (χ0v) is 12.0. The van der Waals surface area contributed by atoms with Crippen LogP contribution in [0.3, 0.4) is 0 Å². The van der Waals surface area contributed by atoms with E-state index in [-0.39, 0.29) is 0 Å². The van der Waals surface area contributed by atoms with E-state index in [2.05, 4.69) is 6.07 Å². The molecule has 92 valence electrons. The fraction of sp³-hybridized carbons (Fsp3) is 0.154. The SMILES string of the molecule is CN(Cc1ccc(Cl)s1)c1cccc(Cl)c1C#N. The van der Waals surface area contributed by atoms with Crippen LogP contribution >= 0.6 is 34.5 Å². The quantitative estimate of drug-likeness (QED) is 0.830. The molecule has 18 heavy (non-hydrogen) atoms. The molecule has 0 radical (unpaired) electrons. The number of nitrogens with zero attached hydrogens (tertiary/aromatic N) is 2. The standard InChI is InChI=1S/C13H10Cl2N2S/c1-17(8-9-5-6-13(15)18-9)12-4-2-3-11(14)10(12)7-16/h2-6H,8H2,1H3. The summed E-state index contributed by atoms with van der Waals surface area (Å²) in [5.74, 6) is 0. The third kappa shape index (κ3) is 2.78. The van der Waals surface area contributed by atoms with E-state index in [1.54, 1.807) is 6.07 Å². The monoisotopic (exact) mass is 296 g/mol. The Morgan fingerprint density at radius 1 is 1.28 bits per heavy atom. The maximum Gasteiger partial charge on any atom is 0.103 e. The largest absolute Gasteiger partial charge is 0.368 e. The van der Waals surface area contributed by atoms with Gasteiger partial charge in [-0.2, -0.15) is 5.26 Å². The molecule has 0 saturated carbocycles. The second kappa shape index (κ2) is 5.62. The molecule has 0 atom stereocenters. The third-order valence-corrected chi connectivity index (χ3v) is 4.07. The second-order valence-electron chi connectivity index (χ2n) is 3.81. The molecule has 0 bridgehead atoms. The minimum Gasteiger partial charge on any atom is -0.368 e. The first-order valence-corrected chi connectivity index (χ1v) is 6.83. The van der Waals surface area contributed by atoms with Crippen LogP contribution in [0.2, 0.25) is 9.36 Å². The first kappa shape index (κ1) is 13.2. The van der Waals surface area contributed by atoms with Crippen molar-refractivity contribution in [2.75, 3.05) is 11.9 Å². The number of benzene rings is 1. The van der Waals surface area contributed by atoms with Crippen LogP contribution in [-0.2, 0) is 6.54 Å². The van der Waals surface area contributed by atoms with E-state index in [0.29, 0.717) is 17.1 Å². The Labute approximate surface area is 120 Å². The predicted octanol–water partition coefficient (Wildman–Crippen LogP) is 4.56. The average molecular weight is 297 g/mol. The van der Waals surface area contributed by atoms with Crippen molar-refractivity contribution in [1.29, 1.82) is 5.26 Å². The van der Waals surface area contributed by atoms with Gasteiger partial charge in [-0.3, -0.25) is 0 Å². The van der Waals surface area contributed by atoms with Gasteiger partial charge in [-0.25, -0.2) is 0 Å². The molecule has 2 aromatic rings. The fourth-order valence-electron chi connectivity index (χ4n) is 1.70. The highest BCUT2D eigenvalue weighted by Crippen LogP contribution is 2.29. The van der Waals surface area contributed by atoms with Gasteiger partial charge in [0.1, 0.15) is 6.07 Å². The average Bonchev–Trinajstić information content (AvgIpc) is 2.74. The number of halogens is 2. The molecule has 0 spiro atoms. The molecule has 1 aromatic heterocycles. The molecule has 2 nitrogen and oxygen atoms in total. The first-order valence-electron chi connectivity index (χ1n) is 5.26. The number of thiophene rings is 1. The molecule has 0 N–H and O–H groups in total. The summed E-state index contributed by atoms with van der Waals surface area (Å²) in [5, 5.41) is 9.62. The Bertz CT molecular complexity index is 601. The van der Waals surface area contributed by atoms with Crippen molar-refractivity contribution in [3.8, 4) is 6.07 Å². The molecule has 0 unspecified atom stereocenters. The third-order valence-electron chi connectivity index (χ3n) is 2.54. The fourth-order valence-corrected chi connectivity index (χ4v) is 3.05. The minimum absolute atomic E-state index is 0.478.